The van der Waals surface area contributed by atoms with E-state index in [2.05, 4.69) is 48.5 Å². The van der Waals surface area contributed by atoms with Gasteiger partial charge in [0.05, 0.1) is 0 Å². The molecule has 5 saturated carbocycles. The van der Waals surface area contributed by atoms with E-state index in [1.165, 1.54) is 69.8 Å². The number of carbonyl (C=O) groups is 1. The molecule has 2 spiro atoms. The molecule has 1 nitrogen and oxygen atoms in total. The molecule has 5 fully saturated rings. The Morgan fingerprint density at radius 3 is 2.42 bits per heavy atom. The van der Waals surface area contributed by atoms with Gasteiger partial charge in [-0.1, -0.05) is 38.8 Å². The first-order valence-corrected chi connectivity index (χ1v) is 13.7. The SMILES string of the molecule is CC(C)=C(C)CC[C@@H](C)[C@H]1CC[C@@]2(C)[C@@H]3CC[C@H]4[C@H](C)C(=O)CC[C@@]45C[C@@]35CC[C@]12C. The topological polar surface area (TPSA) is 17.1 Å². The van der Waals surface area contributed by atoms with E-state index in [-0.39, 0.29) is 0 Å². The summed E-state index contributed by atoms with van der Waals surface area (Å²) in [4.78, 5) is 12.5. The number of carbonyl (C=O) groups excluding carboxylic acids is 1. The number of rotatable bonds is 4. The van der Waals surface area contributed by atoms with Crippen LogP contribution in [0.5, 0.6) is 0 Å². The van der Waals surface area contributed by atoms with Crippen molar-refractivity contribution in [2.45, 2.75) is 119 Å². The molecule has 0 bridgehead atoms. The number of hydrogen-bond acceptors (Lipinski definition) is 1. The van der Waals surface area contributed by atoms with Crippen molar-refractivity contribution in [1.82, 2.24) is 0 Å². The van der Waals surface area contributed by atoms with Gasteiger partial charge in [0.1, 0.15) is 5.78 Å². The molecule has 5 rings (SSSR count). The molecule has 0 amide bonds. The van der Waals surface area contributed by atoms with Crippen molar-refractivity contribution in [3.63, 3.8) is 0 Å². The smallest absolute Gasteiger partial charge is 0.136 e. The Morgan fingerprint density at radius 2 is 1.71 bits per heavy atom. The Hall–Kier alpha value is -0.590. The van der Waals surface area contributed by atoms with E-state index in [9.17, 15) is 4.79 Å². The molecular weight excluding hydrogens is 376 g/mol. The zero-order valence-corrected chi connectivity index (χ0v) is 21.6. The quantitative estimate of drug-likeness (QED) is 0.414. The van der Waals surface area contributed by atoms with Crippen molar-refractivity contribution < 1.29 is 4.79 Å². The number of allylic oxidation sites excluding steroid dienone is 2. The van der Waals surface area contributed by atoms with E-state index in [1.54, 1.807) is 5.57 Å². The van der Waals surface area contributed by atoms with Crippen LogP contribution in [0.3, 0.4) is 0 Å². The summed E-state index contributed by atoms with van der Waals surface area (Å²) in [5, 5.41) is 0. The molecule has 9 atom stereocenters. The van der Waals surface area contributed by atoms with Crippen molar-refractivity contribution in [3.05, 3.63) is 11.1 Å². The highest BCUT2D eigenvalue weighted by Crippen LogP contribution is 2.88. The molecule has 0 heterocycles. The summed E-state index contributed by atoms with van der Waals surface area (Å²) >= 11 is 0. The number of Topliss-reactive ketones (excluding diaryl/α,β-unsaturated/α-hetero) is 1. The largest absolute Gasteiger partial charge is 0.299 e. The second-order valence-corrected chi connectivity index (χ2v) is 13.8. The predicted molar refractivity (Wildman–Crippen MR) is 130 cm³/mol. The van der Waals surface area contributed by atoms with Crippen LogP contribution in [0.4, 0.5) is 0 Å². The van der Waals surface area contributed by atoms with Gasteiger partial charge in [0.25, 0.3) is 0 Å². The Morgan fingerprint density at radius 1 is 0.968 bits per heavy atom. The van der Waals surface area contributed by atoms with Gasteiger partial charge in [-0.3, -0.25) is 4.79 Å². The third-order valence-corrected chi connectivity index (χ3v) is 13.0. The van der Waals surface area contributed by atoms with E-state index in [1.807, 2.05) is 0 Å². The number of ketones is 1. The monoisotopic (exact) mass is 424 g/mol. The minimum atomic E-state index is 0.338. The Kier molecular flexibility index (Phi) is 4.99. The lowest BCUT2D eigenvalue weighted by atomic mass is 9.43. The molecular formula is C30H48O. The first kappa shape index (κ1) is 22.2. The van der Waals surface area contributed by atoms with E-state index >= 15 is 0 Å². The zero-order chi connectivity index (χ0) is 22.4. The van der Waals surface area contributed by atoms with Crippen LogP contribution in [-0.2, 0) is 4.79 Å². The lowest BCUT2D eigenvalue weighted by molar-refractivity contribution is -0.146. The summed E-state index contributed by atoms with van der Waals surface area (Å²) < 4.78 is 0. The standard InChI is InChI=1S/C30H48O/c1-19(2)20(3)8-9-21(4)23-12-14-28(7)26-11-10-24-22(5)25(31)13-15-29(24)18-30(26,29)17-16-27(23,28)6/h21-24,26H,8-18H2,1-7H3/t21-,22+,23-,24+,26+,27-,28+,29-,30+/m1/s1. The summed E-state index contributed by atoms with van der Waals surface area (Å²) in [5.74, 6) is 4.29. The van der Waals surface area contributed by atoms with E-state index in [4.69, 9.17) is 0 Å². The van der Waals surface area contributed by atoms with Gasteiger partial charge in [-0.2, -0.15) is 0 Å². The van der Waals surface area contributed by atoms with Crippen LogP contribution in [-0.4, -0.2) is 5.78 Å². The predicted octanol–water partition coefficient (Wildman–Crippen LogP) is 8.38. The Bertz CT molecular complexity index is 803. The van der Waals surface area contributed by atoms with Gasteiger partial charge in [-0.25, -0.2) is 0 Å². The molecule has 0 aromatic rings. The maximum atomic E-state index is 12.5. The van der Waals surface area contributed by atoms with Crippen molar-refractivity contribution >= 4 is 5.78 Å². The van der Waals surface area contributed by atoms with Gasteiger partial charge >= 0.3 is 0 Å². The highest BCUT2D eigenvalue weighted by atomic mass is 16.1. The summed E-state index contributed by atoms with van der Waals surface area (Å²) in [6.07, 6.45) is 14.8. The molecule has 0 aromatic carbocycles. The molecule has 31 heavy (non-hydrogen) atoms. The second-order valence-electron chi connectivity index (χ2n) is 13.8. The van der Waals surface area contributed by atoms with Gasteiger partial charge in [0.15, 0.2) is 0 Å². The molecule has 0 aromatic heterocycles. The first-order valence-electron chi connectivity index (χ1n) is 13.7. The highest BCUT2D eigenvalue weighted by molar-refractivity contribution is 5.82. The Labute approximate surface area is 192 Å². The van der Waals surface area contributed by atoms with Crippen LogP contribution >= 0.6 is 0 Å². The minimum absolute atomic E-state index is 0.338. The molecule has 0 unspecified atom stereocenters. The van der Waals surface area contributed by atoms with Crippen molar-refractivity contribution in [1.29, 1.82) is 0 Å². The lowest BCUT2D eigenvalue weighted by Crippen LogP contribution is -2.55. The molecule has 0 aliphatic heterocycles. The third-order valence-electron chi connectivity index (χ3n) is 13.0. The summed E-state index contributed by atoms with van der Waals surface area (Å²) in [7, 11) is 0. The fourth-order valence-corrected chi connectivity index (χ4v) is 10.7. The van der Waals surface area contributed by atoms with Gasteiger partial charge in [-0.05, 0) is 130 Å². The number of hydrogen-bond donors (Lipinski definition) is 0. The van der Waals surface area contributed by atoms with Crippen molar-refractivity contribution in [2.75, 3.05) is 0 Å². The van der Waals surface area contributed by atoms with Crippen LogP contribution in [0.15, 0.2) is 11.1 Å². The van der Waals surface area contributed by atoms with E-state index in [0.717, 1.165) is 24.2 Å². The average Bonchev–Trinajstić information content (AvgIpc) is 3.31. The number of fused-ring (bicyclic) bond motifs is 2. The summed E-state index contributed by atoms with van der Waals surface area (Å²) in [6.45, 7) is 17.2. The van der Waals surface area contributed by atoms with Crippen molar-refractivity contribution in [3.8, 4) is 0 Å². The van der Waals surface area contributed by atoms with Gasteiger partial charge < -0.3 is 0 Å². The normalized spacial score (nSPS) is 51.3. The molecule has 174 valence electrons. The average molecular weight is 425 g/mol. The van der Waals surface area contributed by atoms with Crippen molar-refractivity contribution in [2.24, 2.45) is 51.2 Å². The minimum Gasteiger partial charge on any atom is -0.299 e. The van der Waals surface area contributed by atoms with Gasteiger partial charge in [-0.15, -0.1) is 0 Å². The molecule has 0 N–H and O–H groups in total. The third kappa shape index (κ3) is 2.70. The van der Waals surface area contributed by atoms with E-state index < -0.39 is 0 Å². The van der Waals surface area contributed by atoms with Crippen LogP contribution < -0.4 is 0 Å². The second kappa shape index (κ2) is 6.96. The van der Waals surface area contributed by atoms with Gasteiger partial charge in [0, 0.05) is 12.3 Å². The molecule has 0 saturated heterocycles. The molecule has 0 radical (unpaired) electrons. The zero-order valence-electron chi connectivity index (χ0n) is 21.6. The van der Waals surface area contributed by atoms with Gasteiger partial charge in [0.2, 0.25) is 0 Å². The lowest BCUT2D eigenvalue weighted by Gasteiger charge is -2.61. The maximum absolute atomic E-state index is 12.5. The first-order chi connectivity index (χ1) is 14.5. The van der Waals surface area contributed by atoms with Crippen LogP contribution in [0, 0.1) is 51.2 Å². The Balaban J connectivity index is 1.39. The summed E-state index contributed by atoms with van der Waals surface area (Å²) in [5.41, 5.74) is 5.33. The molecule has 5 aliphatic carbocycles. The van der Waals surface area contributed by atoms with Crippen LogP contribution in [0.25, 0.3) is 0 Å². The summed E-state index contributed by atoms with van der Waals surface area (Å²) in [6, 6.07) is 0. The van der Waals surface area contributed by atoms with Crippen LogP contribution in [0.2, 0.25) is 0 Å². The maximum Gasteiger partial charge on any atom is 0.136 e. The fraction of sp³-hybridized carbons (Fsp3) is 0.900. The van der Waals surface area contributed by atoms with Crippen LogP contribution in [0.1, 0.15) is 119 Å². The van der Waals surface area contributed by atoms with E-state index in [0.29, 0.717) is 39.3 Å². The fourth-order valence-electron chi connectivity index (χ4n) is 10.7. The molecule has 5 aliphatic rings. The molecule has 1 heteroatoms. The highest BCUT2D eigenvalue weighted by Gasteiger charge is 2.81.